The fourth-order valence-electron chi connectivity index (χ4n) is 5.53. The van der Waals surface area contributed by atoms with Crippen molar-refractivity contribution in [3.63, 3.8) is 0 Å². The van der Waals surface area contributed by atoms with Crippen LogP contribution in [-0.2, 0) is 32.7 Å². The van der Waals surface area contributed by atoms with Gasteiger partial charge in [-0.1, -0.05) is 146 Å². The number of nitrogens with two attached hydrogens (primary N) is 1. The number of rotatable bonds is 39. The van der Waals surface area contributed by atoms with Crippen molar-refractivity contribution < 1.29 is 37.6 Å². The lowest BCUT2D eigenvalue weighted by atomic mass is 10.1. The van der Waals surface area contributed by atoms with Gasteiger partial charge in [0.15, 0.2) is 6.10 Å². The zero-order valence-corrected chi connectivity index (χ0v) is 34.6. The summed E-state index contributed by atoms with van der Waals surface area (Å²) in [6.07, 6.45) is 44.4. The molecule has 0 aromatic rings. The van der Waals surface area contributed by atoms with E-state index in [0.29, 0.717) is 12.8 Å². The lowest BCUT2D eigenvalue weighted by molar-refractivity contribution is -0.161. The summed E-state index contributed by atoms with van der Waals surface area (Å²) >= 11 is 0. The number of ether oxygens (including phenoxy) is 2. The maximum absolute atomic E-state index is 12.5. The lowest BCUT2D eigenvalue weighted by Gasteiger charge is -2.19. The Balaban J connectivity index is 4.29. The van der Waals surface area contributed by atoms with Crippen molar-refractivity contribution in [2.45, 2.75) is 187 Å². The Hall–Kier alpha value is -2.03. The van der Waals surface area contributed by atoms with Gasteiger partial charge in [-0.05, 0) is 70.6 Å². The third kappa shape index (κ3) is 39.5. The van der Waals surface area contributed by atoms with Crippen LogP contribution in [0.3, 0.4) is 0 Å². The fraction of sp³-hybridized carbons (Fsp3) is 0.767. The van der Waals surface area contributed by atoms with Gasteiger partial charge in [0.25, 0.3) is 0 Å². The number of hydrogen-bond donors (Lipinski definition) is 2. The number of carbonyl (C=O) groups excluding carboxylic acids is 2. The first-order valence-electron chi connectivity index (χ1n) is 21.1. The quantitative estimate of drug-likeness (QED) is 0.0271. The molecule has 0 fully saturated rings. The number of phosphoric ester groups is 1. The number of carbonyl (C=O) groups is 2. The predicted molar refractivity (Wildman–Crippen MR) is 220 cm³/mol. The molecular weight excluding hydrogens is 689 g/mol. The van der Waals surface area contributed by atoms with Crippen molar-refractivity contribution >= 4 is 19.8 Å². The van der Waals surface area contributed by atoms with Gasteiger partial charge in [-0.25, -0.2) is 4.57 Å². The first-order valence-corrected chi connectivity index (χ1v) is 22.6. The first kappa shape index (κ1) is 51.0. The van der Waals surface area contributed by atoms with Crippen molar-refractivity contribution in [1.29, 1.82) is 0 Å². The van der Waals surface area contributed by atoms with Crippen LogP contribution in [-0.4, -0.2) is 49.3 Å². The Labute approximate surface area is 324 Å². The predicted octanol–water partition coefficient (Wildman–Crippen LogP) is 11.9. The molecular formula is C43H78NO8P. The van der Waals surface area contributed by atoms with Gasteiger partial charge in [-0.15, -0.1) is 0 Å². The SMILES string of the molecule is CCCCCCCC/C=C/C/C=C/CCCCC(=O)O[C@H](COC(=O)CCC/C=C/C/C=C/CCCCCCCCCCC)COP(=O)(O)OCCN. The van der Waals surface area contributed by atoms with E-state index in [1.54, 1.807) is 0 Å². The molecule has 0 rings (SSSR count). The van der Waals surface area contributed by atoms with Crippen LogP contribution < -0.4 is 5.73 Å². The molecule has 3 N–H and O–H groups in total. The van der Waals surface area contributed by atoms with Crippen LogP contribution in [0.2, 0.25) is 0 Å². The molecule has 2 atom stereocenters. The van der Waals surface area contributed by atoms with Crippen LogP contribution in [0.5, 0.6) is 0 Å². The molecule has 0 aliphatic carbocycles. The van der Waals surface area contributed by atoms with Crippen LogP contribution >= 0.6 is 7.82 Å². The molecule has 0 aliphatic heterocycles. The Morgan fingerprint density at radius 1 is 0.566 bits per heavy atom. The van der Waals surface area contributed by atoms with Gasteiger partial charge in [-0.3, -0.25) is 18.6 Å². The fourth-order valence-corrected chi connectivity index (χ4v) is 6.29. The van der Waals surface area contributed by atoms with Crippen molar-refractivity contribution in [2.75, 3.05) is 26.4 Å². The second-order valence-electron chi connectivity index (χ2n) is 13.8. The average Bonchev–Trinajstić information content (AvgIpc) is 3.14. The van der Waals surface area contributed by atoms with Crippen molar-refractivity contribution in [2.24, 2.45) is 5.73 Å². The highest BCUT2D eigenvalue weighted by Gasteiger charge is 2.25. The number of phosphoric acid groups is 1. The van der Waals surface area contributed by atoms with Crippen LogP contribution in [0, 0.1) is 0 Å². The highest BCUT2D eigenvalue weighted by molar-refractivity contribution is 7.47. The maximum Gasteiger partial charge on any atom is 0.472 e. The van der Waals surface area contributed by atoms with E-state index in [9.17, 15) is 19.0 Å². The zero-order chi connectivity index (χ0) is 38.9. The summed E-state index contributed by atoms with van der Waals surface area (Å²) in [6, 6.07) is 0. The molecule has 10 heteroatoms. The van der Waals surface area contributed by atoms with Crippen molar-refractivity contribution in [3.8, 4) is 0 Å². The molecule has 1 unspecified atom stereocenters. The van der Waals surface area contributed by atoms with Crippen molar-refractivity contribution in [3.05, 3.63) is 48.6 Å². The molecule has 308 valence electrons. The van der Waals surface area contributed by atoms with E-state index < -0.39 is 32.5 Å². The molecule has 53 heavy (non-hydrogen) atoms. The molecule has 0 aliphatic rings. The molecule has 0 bridgehead atoms. The van der Waals surface area contributed by atoms with E-state index in [1.165, 1.54) is 96.3 Å². The minimum atomic E-state index is -4.39. The third-order valence-electron chi connectivity index (χ3n) is 8.69. The standard InChI is InChI=1S/C43H78NO8P/c1-3-5-7-9-11-13-15-17-19-20-22-23-25-27-29-31-33-35-42(45)49-39-41(40-51-53(47,48)50-38-37-44)52-43(46)36-34-32-30-28-26-24-21-18-16-14-12-10-8-6-4-2/h18,21-23,26-29,41H,3-17,19-20,24-25,30-40,44H2,1-2H3,(H,47,48)/b21-18+,23-22+,28-26+,29-27+/t41-/m1/s1. The van der Waals surface area contributed by atoms with E-state index in [0.717, 1.165) is 44.9 Å². The Morgan fingerprint density at radius 2 is 1.00 bits per heavy atom. The van der Waals surface area contributed by atoms with Crippen molar-refractivity contribution in [1.82, 2.24) is 0 Å². The van der Waals surface area contributed by atoms with E-state index in [2.05, 4.69) is 62.5 Å². The highest BCUT2D eigenvalue weighted by atomic mass is 31.2. The van der Waals surface area contributed by atoms with Crippen LogP contribution in [0.4, 0.5) is 0 Å². The molecule has 0 radical (unpaired) electrons. The molecule has 0 aromatic carbocycles. The second-order valence-corrected chi connectivity index (χ2v) is 15.3. The first-order chi connectivity index (χ1) is 25.8. The van der Waals surface area contributed by atoms with Gasteiger partial charge in [0.05, 0.1) is 13.2 Å². The summed E-state index contributed by atoms with van der Waals surface area (Å²) in [7, 11) is -4.39. The molecule has 9 nitrogen and oxygen atoms in total. The molecule has 0 amide bonds. The number of unbranched alkanes of at least 4 members (excludes halogenated alkanes) is 18. The lowest BCUT2D eigenvalue weighted by Crippen LogP contribution is -2.29. The van der Waals surface area contributed by atoms with Gasteiger partial charge >= 0.3 is 19.8 Å². The van der Waals surface area contributed by atoms with Gasteiger partial charge in [0, 0.05) is 19.4 Å². The Morgan fingerprint density at radius 3 is 1.49 bits per heavy atom. The summed E-state index contributed by atoms with van der Waals surface area (Å²) < 4.78 is 32.6. The highest BCUT2D eigenvalue weighted by Crippen LogP contribution is 2.43. The number of allylic oxidation sites excluding steroid dienone is 8. The zero-order valence-electron chi connectivity index (χ0n) is 33.7. The summed E-state index contributed by atoms with van der Waals surface area (Å²) in [5.41, 5.74) is 5.34. The smallest absolute Gasteiger partial charge is 0.462 e. The Bertz CT molecular complexity index is 1010. The van der Waals surface area contributed by atoms with Gasteiger partial charge in [0.2, 0.25) is 0 Å². The normalized spacial score (nSPS) is 13.8. The number of esters is 2. The molecule has 0 heterocycles. The summed E-state index contributed by atoms with van der Waals surface area (Å²) in [4.78, 5) is 34.8. The monoisotopic (exact) mass is 768 g/mol. The maximum atomic E-state index is 12.5. The molecule has 0 aromatic heterocycles. The summed E-state index contributed by atoms with van der Waals surface area (Å²) in [5, 5.41) is 0. The minimum Gasteiger partial charge on any atom is -0.462 e. The van der Waals surface area contributed by atoms with Crippen LogP contribution in [0.15, 0.2) is 48.6 Å². The third-order valence-corrected chi connectivity index (χ3v) is 9.67. The average molecular weight is 768 g/mol. The largest absolute Gasteiger partial charge is 0.472 e. The van der Waals surface area contributed by atoms with Gasteiger partial charge in [-0.2, -0.15) is 0 Å². The molecule has 0 saturated heterocycles. The van der Waals surface area contributed by atoms with Gasteiger partial charge in [0.1, 0.15) is 6.61 Å². The van der Waals surface area contributed by atoms with Gasteiger partial charge < -0.3 is 20.1 Å². The number of hydrogen-bond acceptors (Lipinski definition) is 8. The van der Waals surface area contributed by atoms with E-state index in [1.807, 2.05) is 0 Å². The van der Waals surface area contributed by atoms with Crippen LogP contribution in [0.25, 0.3) is 0 Å². The van der Waals surface area contributed by atoms with E-state index >= 15 is 0 Å². The van der Waals surface area contributed by atoms with Crippen LogP contribution in [0.1, 0.15) is 181 Å². The van der Waals surface area contributed by atoms with E-state index in [4.69, 9.17) is 24.3 Å². The molecule has 0 spiro atoms. The molecule has 0 saturated carbocycles. The topological polar surface area (TPSA) is 134 Å². The summed E-state index contributed by atoms with van der Waals surface area (Å²) in [5.74, 6) is -0.921. The summed E-state index contributed by atoms with van der Waals surface area (Å²) in [6.45, 7) is 3.63. The second kappa shape index (κ2) is 39.7. The minimum absolute atomic E-state index is 0.0420. The Kier molecular flexibility index (Phi) is 38.1. The van der Waals surface area contributed by atoms with E-state index in [-0.39, 0.29) is 32.6 Å².